The minimum atomic E-state index is -3.68. The zero-order valence-corrected chi connectivity index (χ0v) is 16.8. The Hall–Kier alpha value is -3.20. The number of carbonyl (C=O) groups excluding carboxylic acids is 1. The van der Waals surface area contributed by atoms with Crippen molar-refractivity contribution in [3.05, 3.63) is 77.1 Å². The summed E-state index contributed by atoms with van der Waals surface area (Å²) < 4.78 is 54.4. The van der Waals surface area contributed by atoms with Gasteiger partial charge in [0.2, 0.25) is 10.0 Å². The van der Waals surface area contributed by atoms with E-state index in [2.05, 4.69) is 10.0 Å². The molecule has 0 unspecified atom stereocenters. The summed E-state index contributed by atoms with van der Waals surface area (Å²) in [5.74, 6) is -1.68. The highest BCUT2D eigenvalue weighted by atomic mass is 32.2. The quantitative estimate of drug-likeness (QED) is 0.656. The van der Waals surface area contributed by atoms with Crippen LogP contribution in [0.5, 0.6) is 0 Å². The third-order valence-electron chi connectivity index (χ3n) is 4.29. The number of sulfonamides is 1. The van der Waals surface area contributed by atoms with Gasteiger partial charge in [-0.25, -0.2) is 17.2 Å². The van der Waals surface area contributed by atoms with Crippen molar-refractivity contribution in [2.75, 3.05) is 16.3 Å². The van der Waals surface area contributed by atoms with Crippen molar-refractivity contribution < 1.29 is 22.0 Å². The minimum Gasteiger partial charge on any atom is -0.322 e. The Labute approximate surface area is 167 Å². The molecule has 0 atom stereocenters. The number of aromatic nitrogens is 1. The van der Waals surface area contributed by atoms with E-state index in [0.29, 0.717) is 22.6 Å². The summed E-state index contributed by atoms with van der Waals surface area (Å²) >= 11 is 0. The maximum absolute atomic E-state index is 14.2. The van der Waals surface area contributed by atoms with Gasteiger partial charge < -0.3 is 9.88 Å². The number of carbonyl (C=O) groups is 1. The number of amides is 1. The average Bonchev–Trinajstić information content (AvgIpc) is 2.92. The largest absolute Gasteiger partial charge is 0.322 e. The van der Waals surface area contributed by atoms with E-state index in [1.807, 2.05) is 0 Å². The lowest BCUT2D eigenvalue weighted by molar-refractivity contribution is 0.102. The van der Waals surface area contributed by atoms with Crippen LogP contribution >= 0.6 is 0 Å². The first-order valence-corrected chi connectivity index (χ1v) is 10.5. The van der Waals surface area contributed by atoms with Gasteiger partial charge in [0.05, 0.1) is 23.2 Å². The van der Waals surface area contributed by atoms with Crippen LogP contribution in [0.4, 0.5) is 20.2 Å². The lowest BCUT2D eigenvalue weighted by Gasteiger charge is -2.11. The number of nitrogens with one attached hydrogen (secondary N) is 2. The highest BCUT2D eigenvalue weighted by Gasteiger charge is 2.19. The number of hydrogen-bond acceptors (Lipinski definition) is 3. The molecule has 29 heavy (non-hydrogen) atoms. The molecule has 0 aliphatic rings. The van der Waals surface area contributed by atoms with Crippen LogP contribution in [0.2, 0.25) is 0 Å². The Morgan fingerprint density at radius 1 is 1.00 bits per heavy atom. The fraction of sp³-hybridized carbons (Fsp3) is 0.150. The monoisotopic (exact) mass is 419 g/mol. The average molecular weight is 419 g/mol. The minimum absolute atomic E-state index is 0.207. The van der Waals surface area contributed by atoms with Crippen molar-refractivity contribution in [2.24, 2.45) is 0 Å². The van der Waals surface area contributed by atoms with Crippen molar-refractivity contribution in [1.82, 2.24) is 4.57 Å². The smallest absolute Gasteiger partial charge is 0.257 e. The fourth-order valence-corrected chi connectivity index (χ4v) is 3.63. The second-order valence-corrected chi connectivity index (χ2v) is 8.34. The van der Waals surface area contributed by atoms with Crippen LogP contribution in [0, 0.1) is 25.5 Å². The molecule has 152 valence electrons. The van der Waals surface area contributed by atoms with Gasteiger partial charge in [-0.3, -0.25) is 9.52 Å². The SMILES string of the molecule is Cc1cc(C(=O)Nc2ccc(F)c(NS(C)(=O)=O)c2)c(C)n1-c1ccccc1F. The Morgan fingerprint density at radius 3 is 2.34 bits per heavy atom. The van der Waals surface area contributed by atoms with E-state index < -0.39 is 27.6 Å². The number of benzene rings is 2. The number of anilines is 2. The van der Waals surface area contributed by atoms with E-state index in [1.165, 1.54) is 18.2 Å². The Balaban J connectivity index is 1.92. The van der Waals surface area contributed by atoms with Crippen molar-refractivity contribution in [3.63, 3.8) is 0 Å². The van der Waals surface area contributed by atoms with Gasteiger partial charge in [-0.15, -0.1) is 0 Å². The van der Waals surface area contributed by atoms with Crippen molar-refractivity contribution in [2.45, 2.75) is 13.8 Å². The number of rotatable bonds is 5. The summed E-state index contributed by atoms with van der Waals surface area (Å²) in [7, 11) is -3.68. The van der Waals surface area contributed by atoms with E-state index in [9.17, 15) is 22.0 Å². The maximum Gasteiger partial charge on any atom is 0.257 e. The molecule has 3 rings (SSSR count). The Kier molecular flexibility index (Phi) is 5.43. The lowest BCUT2D eigenvalue weighted by Crippen LogP contribution is -2.15. The van der Waals surface area contributed by atoms with Gasteiger partial charge in [0.15, 0.2) is 0 Å². The van der Waals surface area contributed by atoms with Gasteiger partial charge in [-0.2, -0.15) is 0 Å². The predicted octanol–water partition coefficient (Wildman–Crippen LogP) is 4.00. The fourth-order valence-electron chi connectivity index (χ4n) is 3.08. The summed E-state index contributed by atoms with van der Waals surface area (Å²) in [4.78, 5) is 12.7. The number of para-hydroxylation sites is 1. The number of nitrogens with zero attached hydrogens (tertiary/aromatic N) is 1. The third kappa shape index (κ3) is 4.45. The predicted molar refractivity (Wildman–Crippen MR) is 108 cm³/mol. The van der Waals surface area contributed by atoms with Crippen molar-refractivity contribution in [1.29, 1.82) is 0 Å². The van der Waals surface area contributed by atoms with Gasteiger partial charge in [-0.1, -0.05) is 12.1 Å². The molecule has 2 aromatic carbocycles. The first-order valence-electron chi connectivity index (χ1n) is 8.59. The summed E-state index contributed by atoms with van der Waals surface area (Å²) in [6, 6.07) is 11.4. The lowest BCUT2D eigenvalue weighted by atomic mass is 10.2. The summed E-state index contributed by atoms with van der Waals surface area (Å²) in [6.07, 6.45) is 0.898. The molecule has 3 aromatic rings. The Bertz CT molecular complexity index is 1200. The molecule has 0 fully saturated rings. The molecule has 0 spiro atoms. The molecular formula is C20H19F2N3O3S. The zero-order chi connectivity index (χ0) is 21.3. The second-order valence-electron chi connectivity index (χ2n) is 6.59. The second kappa shape index (κ2) is 7.67. The molecule has 0 radical (unpaired) electrons. The van der Waals surface area contributed by atoms with Crippen LogP contribution in [-0.2, 0) is 10.0 Å². The highest BCUT2D eigenvalue weighted by molar-refractivity contribution is 7.92. The molecule has 0 aliphatic carbocycles. The van der Waals surface area contributed by atoms with Crippen LogP contribution in [0.3, 0.4) is 0 Å². The number of halogens is 2. The van der Waals surface area contributed by atoms with Crippen LogP contribution in [0.1, 0.15) is 21.7 Å². The van der Waals surface area contributed by atoms with Gasteiger partial charge >= 0.3 is 0 Å². The number of hydrogen-bond donors (Lipinski definition) is 2. The van der Waals surface area contributed by atoms with E-state index in [-0.39, 0.29) is 11.4 Å². The van der Waals surface area contributed by atoms with Gasteiger partial charge in [0.1, 0.15) is 11.6 Å². The molecule has 1 aromatic heterocycles. The van der Waals surface area contributed by atoms with Gasteiger partial charge in [0.25, 0.3) is 5.91 Å². The molecule has 6 nitrogen and oxygen atoms in total. The van der Waals surface area contributed by atoms with Crippen LogP contribution in [0.25, 0.3) is 5.69 Å². The van der Waals surface area contributed by atoms with E-state index in [0.717, 1.165) is 12.3 Å². The van der Waals surface area contributed by atoms with E-state index >= 15 is 0 Å². The molecule has 0 aliphatic heterocycles. The van der Waals surface area contributed by atoms with Crippen LogP contribution in [0.15, 0.2) is 48.5 Å². The molecule has 0 saturated heterocycles. The normalized spacial score (nSPS) is 11.3. The molecule has 0 bridgehead atoms. The maximum atomic E-state index is 14.2. The number of aryl methyl sites for hydroxylation is 1. The molecule has 1 amide bonds. The zero-order valence-electron chi connectivity index (χ0n) is 16.0. The summed E-state index contributed by atoms with van der Waals surface area (Å²) in [5, 5.41) is 2.61. The van der Waals surface area contributed by atoms with Crippen LogP contribution in [-0.4, -0.2) is 25.1 Å². The van der Waals surface area contributed by atoms with Gasteiger partial charge in [-0.05, 0) is 50.2 Å². The first-order chi connectivity index (χ1) is 13.6. The first kappa shape index (κ1) is 20.5. The Morgan fingerprint density at radius 2 is 1.69 bits per heavy atom. The summed E-state index contributed by atoms with van der Waals surface area (Å²) in [5.41, 5.74) is 1.76. The van der Waals surface area contributed by atoms with Crippen molar-refractivity contribution >= 4 is 27.3 Å². The molecule has 2 N–H and O–H groups in total. The molecule has 0 saturated carbocycles. The van der Waals surface area contributed by atoms with Gasteiger partial charge in [0, 0.05) is 17.1 Å². The standard InChI is InChI=1S/C20H19F2N3O3S/c1-12-10-15(13(2)25(12)19-7-5-4-6-17(19)22)20(26)23-14-8-9-16(21)18(11-14)24-29(3,27)28/h4-11,24H,1-3H3,(H,23,26). The highest BCUT2D eigenvalue weighted by Crippen LogP contribution is 2.25. The van der Waals surface area contributed by atoms with E-state index in [4.69, 9.17) is 0 Å². The molecular weight excluding hydrogens is 400 g/mol. The molecule has 9 heteroatoms. The van der Waals surface area contributed by atoms with Crippen LogP contribution < -0.4 is 10.0 Å². The van der Waals surface area contributed by atoms with E-state index in [1.54, 1.807) is 42.7 Å². The van der Waals surface area contributed by atoms with Crippen molar-refractivity contribution in [3.8, 4) is 5.69 Å². The molecule has 1 heterocycles. The summed E-state index contributed by atoms with van der Waals surface area (Å²) in [6.45, 7) is 3.44. The topological polar surface area (TPSA) is 80.2 Å². The third-order valence-corrected chi connectivity index (χ3v) is 4.88.